The molecule has 0 amide bonds. The lowest BCUT2D eigenvalue weighted by Gasteiger charge is -2.04. The van der Waals surface area contributed by atoms with E-state index in [2.05, 4.69) is 15.3 Å². The van der Waals surface area contributed by atoms with Gasteiger partial charge in [-0.2, -0.15) is 0 Å². The molecule has 1 N–H and O–H groups in total. The minimum absolute atomic E-state index is 0.443. The highest BCUT2D eigenvalue weighted by Crippen LogP contribution is 2.36. The van der Waals surface area contributed by atoms with E-state index in [1.807, 2.05) is 43.5 Å². The van der Waals surface area contributed by atoms with Crippen LogP contribution in [-0.2, 0) is 0 Å². The van der Waals surface area contributed by atoms with Gasteiger partial charge in [0.2, 0.25) is 0 Å². The topological polar surface area (TPSA) is 37.8 Å². The Morgan fingerprint density at radius 1 is 1.10 bits per heavy atom. The molecule has 0 radical (unpaired) electrons. The van der Waals surface area contributed by atoms with Crippen molar-refractivity contribution in [2.24, 2.45) is 0 Å². The molecule has 0 unspecified atom stereocenters. The van der Waals surface area contributed by atoms with Crippen LogP contribution in [0.4, 0.5) is 10.9 Å². The quantitative estimate of drug-likeness (QED) is 0.636. The molecule has 0 aliphatic carbocycles. The molecule has 6 heteroatoms. The minimum Gasteiger partial charge on any atom is -0.316 e. The monoisotopic (exact) mass is 335 g/mol. The lowest BCUT2D eigenvalue weighted by Crippen LogP contribution is -1.91. The molecule has 0 bridgehead atoms. The van der Waals surface area contributed by atoms with E-state index < -0.39 is 0 Å². The van der Waals surface area contributed by atoms with E-state index in [0.29, 0.717) is 11.0 Å². The summed E-state index contributed by atoms with van der Waals surface area (Å²) in [5, 5.41) is 5.06. The van der Waals surface area contributed by atoms with Gasteiger partial charge >= 0.3 is 0 Å². The summed E-state index contributed by atoms with van der Waals surface area (Å²) in [6.07, 6.45) is 1.81. The zero-order valence-corrected chi connectivity index (χ0v) is 13.4. The van der Waals surface area contributed by atoms with Gasteiger partial charge in [0.05, 0.1) is 4.88 Å². The number of nitrogens with zero attached hydrogens (tertiary/aromatic N) is 2. The molecule has 21 heavy (non-hydrogen) atoms. The van der Waals surface area contributed by atoms with Crippen molar-refractivity contribution in [2.45, 2.75) is 6.92 Å². The summed E-state index contributed by atoms with van der Waals surface area (Å²) < 4.78 is 0. The molecule has 0 aliphatic rings. The lowest BCUT2D eigenvalue weighted by atomic mass is 10.1. The van der Waals surface area contributed by atoms with Crippen molar-refractivity contribution in [3.63, 3.8) is 0 Å². The molecule has 2 heterocycles. The van der Waals surface area contributed by atoms with Gasteiger partial charge in [-0.25, -0.2) is 9.97 Å². The van der Waals surface area contributed by atoms with Crippen LogP contribution in [0.25, 0.3) is 10.4 Å². The molecule has 0 fully saturated rings. The molecule has 3 rings (SSSR count). The predicted octanol–water partition coefficient (Wildman–Crippen LogP) is 5.56. The van der Waals surface area contributed by atoms with Crippen LogP contribution < -0.4 is 5.32 Å². The lowest BCUT2D eigenvalue weighted by molar-refractivity contribution is 1.29. The molecule has 106 valence electrons. The number of hydrogen-bond donors (Lipinski definition) is 1. The molecule has 0 saturated carbocycles. The Morgan fingerprint density at radius 2 is 1.90 bits per heavy atom. The summed E-state index contributed by atoms with van der Waals surface area (Å²) >= 11 is 13.7. The van der Waals surface area contributed by atoms with Crippen molar-refractivity contribution in [3.05, 3.63) is 58.3 Å². The van der Waals surface area contributed by atoms with Crippen molar-refractivity contribution in [2.75, 3.05) is 5.32 Å². The van der Waals surface area contributed by atoms with E-state index in [1.54, 1.807) is 6.07 Å². The summed E-state index contributed by atoms with van der Waals surface area (Å²) in [7, 11) is 0. The van der Waals surface area contributed by atoms with E-state index in [4.69, 9.17) is 23.2 Å². The van der Waals surface area contributed by atoms with E-state index in [-0.39, 0.29) is 0 Å². The Kier molecular flexibility index (Phi) is 4.10. The predicted molar refractivity (Wildman–Crippen MR) is 89.8 cm³/mol. The number of halogens is 2. The third kappa shape index (κ3) is 3.18. The molecular formula is C15H11Cl2N3S. The number of aryl methyl sites for hydroxylation is 1. The SMILES string of the molecule is Cc1cccc(Cl)c1-c1cnc(Nc2cccc(Cl)n2)s1. The van der Waals surface area contributed by atoms with Crippen LogP contribution in [0.5, 0.6) is 0 Å². The van der Waals surface area contributed by atoms with Gasteiger partial charge in [-0.05, 0) is 30.7 Å². The van der Waals surface area contributed by atoms with Gasteiger partial charge in [-0.3, -0.25) is 0 Å². The Hall–Kier alpha value is -1.62. The number of anilines is 2. The Morgan fingerprint density at radius 3 is 2.67 bits per heavy atom. The molecule has 3 nitrogen and oxygen atoms in total. The average Bonchev–Trinajstić information content (AvgIpc) is 2.87. The van der Waals surface area contributed by atoms with Crippen molar-refractivity contribution in [1.82, 2.24) is 9.97 Å². The zero-order chi connectivity index (χ0) is 14.8. The normalized spacial score (nSPS) is 10.6. The van der Waals surface area contributed by atoms with E-state index >= 15 is 0 Å². The number of benzene rings is 1. The van der Waals surface area contributed by atoms with Crippen LogP contribution in [0.2, 0.25) is 10.2 Å². The standard InChI is InChI=1S/C15H11Cl2N3S/c1-9-4-2-5-10(16)14(9)11-8-18-15(21-11)20-13-7-3-6-12(17)19-13/h2-8H,1H3,(H,18,19,20). The van der Waals surface area contributed by atoms with Crippen LogP contribution in [0.3, 0.4) is 0 Å². The van der Waals surface area contributed by atoms with Crippen LogP contribution in [0.15, 0.2) is 42.6 Å². The van der Waals surface area contributed by atoms with Gasteiger partial charge in [0.25, 0.3) is 0 Å². The maximum Gasteiger partial charge on any atom is 0.188 e. The molecule has 2 aromatic heterocycles. The van der Waals surface area contributed by atoms with Gasteiger partial charge in [-0.15, -0.1) is 0 Å². The van der Waals surface area contributed by atoms with Crippen molar-refractivity contribution < 1.29 is 0 Å². The van der Waals surface area contributed by atoms with Crippen molar-refractivity contribution >= 4 is 45.5 Å². The Labute approximate surface area is 136 Å². The molecule has 0 aliphatic heterocycles. The summed E-state index contributed by atoms with van der Waals surface area (Å²) in [6.45, 7) is 2.03. The second-order valence-corrected chi connectivity index (χ2v) is 6.26. The first-order chi connectivity index (χ1) is 10.1. The highest BCUT2D eigenvalue weighted by Gasteiger charge is 2.11. The Bertz CT molecular complexity index is 766. The Balaban J connectivity index is 1.90. The van der Waals surface area contributed by atoms with Gasteiger partial charge < -0.3 is 5.32 Å². The summed E-state index contributed by atoms with van der Waals surface area (Å²) in [5.41, 5.74) is 2.14. The number of rotatable bonds is 3. The first-order valence-corrected chi connectivity index (χ1v) is 7.81. The average molecular weight is 336 g/mol. The third-order valence-electron chi connectivity index (χ3n) is 2.92. The minimum atomic E-state index is 0.443. The zero-order valence-electron chi connectivity index (χ0n) is 11.1. The van der Waals surface area contributed by atoms with Gasteiger partial charge in [0.15, 0.2) is 5.13 Å². The fourth-order valence-corrected chi connectivity index (χ4v) is 3.47. The number of aromatic nitrogens is 2. The van der Waals surface area contributed by atoms with E-state index in [9.17, 15) is 0 Å². The molecule has 1 aromatic carbocycles. The molecule has 3 aromatic rings. The van der Waals surface area contributed by atoms with E-state index in [0.717, 1.165) is 26.2 Å². The fraction of sp³-hybridized carbons (Fsp3) is 0.0667. The van der Waals surface area contributed by atoms with E-state index in [1.165, 1.54) is 11.3 Å². The van der Waals surface area contributed by atoms with Gasteiger partial charge in [-0.1, -0.05) is 52.7 Å². The van der Waals surface area contributed by atoms with Crippen LogP contribution in [0, 0.1) is 6.92 Å². The van der Waals surface area contributed by atoms with Crippen LogP contribution in [-0.4, -0.2) is 9.97 Å². The number of hydrogen-bond acceptors (Lipinski definition) is 4. The molecule has 0 spiro atoms. The number of nitrogens with one attached hydrogen (secondary N) is 1. The van der Waals surface area contributed by atoms with Gasteiger partial charge in [0.1, 0.15) is 11.0 Å². The van der Waals surface area contributed by atoms with Crippen LogP contribution in [0.1, 0.15) is 5.56 Å². The number of thiazole rings is 1. The van der Waals surface area contributed by atoms with Gasteiger partial charge in [0, 0.05) is 16.8 Å². The third-order valence-corrected chi connectivity index (χ3v) is 4.38. The maximum atomic E-state index is 6.28. The fourth-order valence-electron chi connectivity index (χ4n) is 1.98. The summed E-state index contributed by atoms with van der Waals surface area (Å²) in [5.74, 6) is 0.666. The molecule has 0 atom stereocenters. The molecule has 0 saturated heterocycles. The highest BCUT2D eigenvalue weighted by molar-refractivity contribution is 7.19. The van der Waals surface area contributed by atoms with Crippen molar-refractivity contribution in [1.29, 1.82) is 0 Å². The second-order valence-electron chi connectivity index (χ2n) is 4.43. The van der Waals surface area contributed by atoms with Crippen LogP contribution >= 0.6 is 34.5 Å². The van der Waals surface area contributed by atoms with Crippen molar-refractivity contribution in [3.8, 4) is 10.4 Å². The number of pyridine rings is 1. The first-order valence-electron chi connectivity index (χ1n) is 6.24. The second kappa shape index (κ2) is 6.02. The highest BCUT2D eigenvalue weighted by atomic mass is 35.5. The smallest absolute Gasteiger partial charge is 0.188 e. The summed E-state index contributed by atoms with van der Waals surface area (Å²) in [4.78, 5) is 9.56. The largest absolute Gasteiger partial charge is 0.316 e. The molecular weight excluding hydrogens is 325 g/mol. The maximum absolute atomic E-state index is 6.28. The first kappa shape index (κ1) is 14.3. The summed E-state index contributed by atoms with van der Waals surface area (Å²) in [6, 6.07) is 11.3.